The number of fused-ring (bicyclic) bond motifs is 2. The van der Waals surface area contributed by atoms with Crippen LogP contribution in [0.1, 0.15) is 34.9 Å². The van der Waals surface area contributed by atoms with Crippen molar-refractivity contribution in [3.63, 3.8) is 0 Å². The Balaban J connectivity index is 0.00000280. The zero-order chi connectivity index (χ0) is 24.8. The molecule has 6 rings (SSSR count). The zero-order valence-corrected chi connectivity index (χ0v) is 20.8. The van der Waals surface area contributed by atoms with E-state index in [1.807, 2.05) is 37.3 Å². The third-order valence-corrected chi connectivity index (χ3v) is 6.34. The average molecular weight is 521 g/mol. The predicted molar refractivity (Wildman–Crippen MR) is 140 cm³/mol. The van der Waals surface area contributed by atoms with Gasteiger partial charge in [-0.25, -0.2) is 24.1 Å². The van der Waals surface area contributed by atoms with E-state index >= 15 is 0 Å². The van der Waals surface area contributed by atoms with Crippen LogP contribution in [0, 0.1) is 6.92 Å². The van der Waals surface area contributed by atoms with Crippen LogP contribution < -0.4 is 21.5 Å². The molecule has 0 bridgehead atoms. The molecule has 0 radical (unpaired) electrons. The van der Waals surface area contributed by atoms with Gasteiger partial charge >= 0.3 is 0 Å². The van der Waals surface area contributed by atoms with E-state index < -0.39 is 5.91 Å². The quantitative estimate of drug-likeness (QED) is 0.316. The van der Waals surface area contributed by atoms with Crippen molar-refractivity contribution in [2.24, 2.45) is 5.73 Å². The van der Waals surface area contributed by atoms with Gasteiger partial charge in [0.2, 0.25) is 0 Å². The number of hydrogen-bond acceptors (Lipinski definition) is 9. The van der Waals surface area contributed by atoms with Crippen molar-refractivity contribution < 1.29 is 9.53 Å². The molecule has 5 N–H and O–H groups in total. The SMILES string of the molecule is Cc1cc(-c2nc(N)c3c(C(N)=O)nn(C4CCCNC4)c3n2)ccc1Oc1ccn2ncnc2c1.Cl. The van der Waals surface area contributed by atoms with E-state index in [9.17, 15) is 4.79 Å². The normalized spacial score (nSPS) is 15.5. The molecule has 1 aliphatic rings. The smallest absolute Gasteiger partial charge is 0.270 e. The summed E-state index contributed by atoms with van der Waals surface area (Å²) >= 11 is 0. The first-order valence-corrected chi connectivity index (χ1v) is 11.6. The fourth-order valence-electron chi connectivity index (χ4n) is 4.55. The van der Waals surface area contributed by atoms with Gasteiger partial charge in [0.1, 0.15) is 23.6 Å². The summed E-state index contributed by atoms with van der Waals surface area (Å²) in [5.41, 5.74) is 14.8. The van der Waals surface area contributed by atoms with Crippen LogP contribution in [0.15, 0.2) is 42.9 Å². The van der Waals surface area contributed by atoms with Crippen LogP contribution in [-0.2, 0) is 0 Å². The van der Waals surface area contributed by atoms with Crippen LogP contribution in [0.5, 0.6) is 11.5 Å². The van der Waals surface area contributed by atoms with Gasteiger partial charge in [-0.1, -0.05) is 0 Å². The largest absolute Gasteiger partial charge is 0.457 e. The fourth-order valence-corrected chi connectivity index (χ4v) is 4.55. The van der Waals surface area contributed by atoms with E-state index in [4.69, 9.17) is 21.2 Å². The highest BCUT2D eigenvalue weighted by Crippen LogP contribution is 2.32. The number of aryl methyl sites for hydroxylation is 1. The summed E-state index contributed by atoms with van der Waals surface area (Å²) in [5, 5.41) is 12.3. The van der Waals surface area contributed by atoms with Gasteiger partial charge in [-0.15, -0.1) is 12.4 Å². The molecule has 13 heteroatoms. The summed E-state index contributed by atoms with van der Waals surface area (Å²) in [6.45, 7) is 3.61. The highest BCUT2D eigenvalue weighted by Gasteiger charge is 2.26. The number of amides is 1. The van der Waals surface area contributed by atoms with Crippen LogP contribution in [0.3, 0.4) is 0 Å². The maximum Gasteiger partial charge on any atom is 0.270 e. The number of nitrogens with zero attached hydrogens (tertiary/aromatic N) is 7. The van der Waals surface area contributed by atoms with Gasteiger partial charge in [-0.3, -0.25) is 4.79 Å². The van der Waals surface area contributed by atoms with Gasteiger partial charge in [0.15, 0.2) is 22.8 Å². The van der Waals surface area contributed by atoms with Crippen molar-refractivity contribution in [3.8, 4) is 22.9 Å². The lowest BCUT2D eigenvalue weighted by Crippen LogP contribution is -2.32. The summed E-state index contributed by atoms with van der Waals surface area (Å²) < 4.78 is 9.50. The number of aromatic nitrogens is 7. The maximum absolute atomic E-state index is 12.1. The first kappa shape index (κ1) is 24.4. The summed E-state index contributed by atoms with van der Waals surface area (Å²) in [7, 11) is 0. The summed E-state index contributed by atoms with van der Waals surface area (Å²) in [4.78, 5) is 25.6. The van der Waals surface area contributed by atoms with Crippen LogP contribution in [0.25, 0.3) is 28.1 Å². The van der Waals surface area contributed by atoms with Gasteiger partial charge in [-0.05, 0) is 56.1 Å². The lowest BCUT2D eigenvalue weighted by atomic mass is 10.1. The number of primary amides is 1. The Morgan fingerprint density at radius 3 is 2.84 bits per heavy atom. The molecule has 1 saturated heterocycles. The van der Waals surface area contributed by atoms with E-state index in [-0.39, 0.29) is 30.0 Å². The first-order valence-electron chi connectivity index (χ1n) is 11.6. The first-order chi connectivity index (χ1) is 17.5. The number of benzene rings is 1. The number of carbonyl (C=O) groups is 1. The lowest BCUT2D eigenvalue weighted by Gasteiger charge is -2.23. The molecule has 1 atom stereocenters. The molecular weight excluding hydrogens is 496 g/mol. The third kappa shape index (κ3) is 4.41. The second-order valence-corrected chi connectivity index (χ2v) is 8.80. The number of rotatable bonds is 5. The molecule has 12 nitrogen and oxygen atoms in total. The number of piperidine rings is 1. The minimum Gasteiger partial charge on any atom is -0.457 e. The molecule has 37 heavy (non-hydrogen) atoms. The van der Waals surface area contributed by atoms with Crippen LogP contribution in [0.2, 0.25) is 0 Å². The van der Waals surface area contributed by atoms with Crippen molar-refractivity contribution in [1.29, 1.82) is 0 Å². The second kappa shape index (κ2) is 9.64. The number of anilines is 1. The molecule has 190 valence electrons. The standard InChI is InChI=1S/C24H24N10O2.ClH/c1-13-9-14(4-5-17(13)36-16-6-8-33-18(10-16)28-12-29-33)23-30-21(25)19-20(22(26)35)32-34(24(19)31-23)15-3-2-7-27-11-15;/h4-6,8-10,12,15,27H,2-3,7,11H2,1H3,(H2,26,35)(H2,25,30,31);1H. The van der Waals surface area contributed by atoms with Crippen molar-refractivity contribution in [3.05, 3.63) is 54.1 Å². The second-order valence-electron chi connectivity index (χ2n) is 8.80. The Labute approximate surface area is 217 Å². The molecule has 0 saturated carbocycles. The lowest BCUT2D eigenvalue weighted by molar-refractivity contribution is 0.0995. The van der Waals surface area contributed by atoms with Gasteiger partial charge in [0.05, 0.1) is 11.4 Å². The monoisotopic (exact) mass is 520 g/mol. The summed E-state index contributed by atoms with van der Waals surface area (Å²) in [6, 6.07) is 9.34. The molecule has 1 aromatic carbocycles. The third-order valence-electron chi connectivity index (χ3n) is 6.34. The Morgan fingerprint density at radius 2 is 2.08 bits per heavy atom. The number of nitrogens with two attached hydrogens (primary N) is 2. The number of ether oxygens (including phenoxy) is 1. The topological polar surface area (TPSA) is 164 Å². The van der Waals surface area contributed by atoms with Crippen LogP contribution >= 0.6 is 12.4 Å². The minimum atomic E-state index is -0.660. The van der Waals surface area contributed by atoms with Gasteiger partial charge < -0.3 is 21.5 Å². The minimum absolute atomic E-state index is 0. The molecule has 0 aliphatic carbocycles. The molecule has 1 amide bonds. The van der Waals surface area contributed by atoms with Gasteiger partial charge in [0.25, 0.3) is 5.91 Å². The number of carbonyl (C=O) groups excluding carboxylic acids is 1. The zero-order valence-electron chi connectivity index (χ0n) is 20.0. The highest BCUT2D eigenvalue weighted by atomic mass is 35.5. The van der Waals surface area contributed by atoms with Gasteiger partial charge in [0, 0.05) is 24.4 Å². The fraction of sp³-hybridized carbons (Fsp3) is 0.250. The number of halogens is 1. The Kier molecular flexibility index (Phi) is 6.36. The molecule has 1 aliphatic heterocycles. The van der Waals surface area contributed by atoms with E-state index in [0.717, 1.165) is 37.1 Å². The number of pyridine rings is 1. The van der Waals surface area contributed by atoms with Crippen molar-refractivity contribution in [2.75, 3.05) is 18.8 Å². The average Bonchev–Trinajstić information content (AvgIpc) is 3.50. The molecule has 5 heterocycles. The Morgan fingerprint density at radius 1 is 1.22 bits per heavy atom. The van der Waals surface area contributed by atoms with E-state index in [2.05, 4.69) is 25.5 Å². The van der Waals surface area contributed by atoms with E-state index in [1.54, 1.807) is 15.4 Å². The van der Waals surface area contributed by atoms with Crippen molar-refractivity contribution in [2.45, 2.75) is 25.8 Å². The van der Waals surface area contributed by atoms with Crippen molar-refractivity contribution >= 4 is 40.8 Å². The van der Waals surface area contributed by atoms with Crippen molar-refractivity contribution in [1.82, 2.24) is 39.7 Å². The molecule has 1 fully saturated rings. The molecular formula is C24H25ClN10O2. The highest BCUT2D eigenvalue weighted by molar-refractivity contribution is 6.07. The Hall–Kier alpha value is -4.29. The molecule has 4 aromatic heterocycles. The van der Waals surface area contributed by atoms with Gasteiger partial charge in [-0.2, -0.15) is 10.2 Å². The predicted octanol–water partition coefficient (Wildman–Crippen LogP) is 2.66. The molecule has 1 unspecified atom stereocenters. The van der Waals surface area contributed by atoms with E-state index in [0.29, 0.717) is 34.0 Å². The maximum atomic E-state index is 12.1. The number of hydrogen-bond donors (Lipinski definition) is 3. The summed E-state index contributed by atoms with van der Waals surface area (Å²) in [6.07, 6.45) is 5.19. The number of nitrogens with one attached hydrogen (secondary N) is 1. The van der Waals surface area contributed by atoms with E-state index in [1.165, 1.54) is 6.33 Å². The Bertz CT molecular complexity index is 1620. The number of nitrogen functional groups attached to an aromatic ring is 1. The van der Waals surface area contributed by atoms with Crippen LogP contribution in [-0.4, -0.2) is 53.3 Å². The molecule has 5 aromatic rings. The molecule has 0 spiro atoms. The summed E-state index contributed by atoms with van der Waals surface area (Å²) in [5.74, 6) is 1.27. The van der Waals surface area contributed by atoms with Crippen LogP contribution in [0.4, 0.5) is 5.82 Å².